The fraction of sp³-hybridized carbons (Fsp3) is 0.388. The second-order valence-electron chi connectivity index (χ2n) is 17.9. The largest absolute Gasteiger partial charge is 0.309 e. The molecule has 0 N–H and O–H groups in total. The summed E-state index contributed by atoms with van der Waals surface area (Å²) in [5.74, 6) is 2.77. The third-order valence-electron chi connectivity index (χ3n) is 13.8. The molecule has 252 valence electrons. The molecule has 0 saturated heterocycles. The first kappa shape index (κ1) is 30.7. The molecule has 1 heteroatoms. The van der Waals surface area contributed by atoms with E-state index in [1.54, 1.807) is 27.9 Å². The predicted molar refractivity (Wildman–Crippen MR) is 211 cm³/mol. The highest BCUT2D eigenvalue weighted by Gasteiger charge is 2.45. The number of hydrogen-bond donors (Lipinski definition) is 0. The number of nitrogens with zero attached hydrogens (tertiary/aromatic N) is 1. The summed E-state index contributed by atoms with van der Waals surface area (Å²) in [4.78, 5) is 2.80. The first-order valence-corrected chi connectivity index (χ1v) is 19.6. The summed E-state index contributed by atoms with van der Waals surface area (Å²) in [7, 11) is 0. The van der Waals surface area contributed by atoms with E-state index in [1.807, 2.05) is 0 Å². The summed E-state index contributed by atoms with van der Waals surface area (Å²) in [5.41, 5.74) is 20.9. The van der Waals surface area contributed by atoms with Gasteiger partial charge >= 0.3 is 0 Å². The molecule has 50 heavy (non-hydrogen) atoms. The number of rotatable bonds is 4. The normalized spacial score (nSPS) is 23.6. The average molecular weight is 654 g/mol. The molecule has 0 heterocycles. The van der Waals surface area contributed by atoms with Crippen molar-refractivity contribution < 1.29 is 0 Å². The number of hydrogen-bond acceptors (Lipinski definition) is 1. The maximum absolute atomic E-state index is 2.80. The Morgan fingerprint density at radius 2 is 1.14 bits per heavy atom. The molecule has 5 aromatic rings. The number of fused-ring (bicyclic) bond motifs is 7. The van der Waals surface area contributed by atoms with E-state index >= 15 is 0 Å². The van der Waals surface area contributed by atoms with E-state index in [4.69, 9.17) is 0 Å². The van der Waals surface area contributed by atoms with E-state index in [1.165, 1.54) is 102 Å². The highest BCUT2D eigenvalue weighted by atomic mass is 15.2. The monoisotopic (exact) mass is 653 g/mol. The van der Waals surface area contributed by atoms with Crippen molar-refractivity contribution in [3.05, 3.63) is 136 Å². The van der Waals surface area contributed by atoms with Gasteiger partial charge in [-0.25, -0.2) is 0 Å². The molecule has 0 amide bonds. The molecule has 0 aliphatic heterocycles. The molecule has 0 radical (unpaired) electrons. The quantitative estimate of drug-likeness (QED) is 0.187. The molecule has 0 aromatic heterocycles. The van der Waals surface area contributed by atoms with Crippen molar-refractivity contribution in [1.82, 2.24) is 0 Å². The molecule has 1 nitrogen and oxygen atoms in total. The average Bonchev–Trinajstić information content (AvgIpc) is 3.38. The lowest BCUT2D eigenvalue weighted by atomic mass is 9.60. The fourth-order valence-corrected chi connectivity index (χ4v) is 11.1. The van der Waals surface area contributed by atoms with Crippen molar-refractivity contribution >= 4 is 17.1 Å². The summed E-state index contributed by atoms with van der Waals surface area (Å²) in [6.07, 6.45) is 10.9. The van der Waals surface area contributed by atoms with Crippen LogP contribution in [0.15, 0.2) is 97.1 Å². The molecule has 5 aromatic carbocycles. The van der Waals surface area contributed by atoms with E-state index in [-0.39, 0.29) is 10.8 Å². The van der Waals surface area contributed by atoms with Crippen molar-refractivity contribution in [1.29, 1.82) is 0 Å². The van der Waals surface area contributed by atoms with Gasteiger partial charge in [0.1, 0.15) is 0 Å². The Bertz CT molecular complexity index is 2080. The second kappa shape index (κ2) is 10.9. The predicted octanol–water partition coefficient (Wildman–Crippen LogP) is 13.9. The summed E-state index contributed by atoms with van der Waals surface area (Å²) in [5, 5.41) is 0. The van der Waals surface area contributed by atoms with Crippen LogP contribution in [0.4, 0.5) is 17.1 Å². The van der Waals surface area contributed by atoms with E-state index in [0.717, 1.165) is 11.8 Å². The molecule has 0 spiro atoms. The van der Waals surface area contributed by atoms with Crippen LogP contribution in [0.5, 0.6) is 0 Å². The van der Waals surface area contributed by atoms with Crippen LogP contribution >= 0.6 is 0 Å². The molecule has 12 rings (SSSR count). The molecule has 7 aliphatic rings. The molecular weight excluding hydrogens is 603 g/mol. The van der Waals surface area contributed by atoms with Crippen LogP contribution in [-0.2, 0) is 10.8 Å². The van der Waals surface area contributed by atoms with Gasteiger partial charge in [-0.3, -0.25) is 0 Å². The summed E-state index contributed by atoms with van der Waals surface area (Å²) in [6, 6.07) is 37.9. The third kappa shape index (κ3) is 4.44. The maximum Gasteiger partial charge on any atom is 0.0543 e. The van der Waals surface area contributed by atoms with Crippen LogP contribution in [0.1, 0.15) is 149 Å². The zero-order chi connectivity index (χ0) is 33.9. The van der Waals surface area contributed by atoms with Crippen LogP contribution in [0.25, 0.3) is 22.3 Å². The van der Waals surface area contributed by atoms with Crippen molar-refractivity contribution in [2.24, 2.45) is 0 Å². The summed E-state index contributed by atoms with van der Waals surface area (Å²) < 4.78 is 0. The van der Waals surface area contributed by atoms with Crippen LogP contribution in [0.2, 0.25) is 0 Å². The molecule has 0 unspecified atom stereocenters. The van der Waals surface area contributed by atoms with E-state index < -0.39 is 0 Å². The Balaban J connectivity index is 1.27. The Kier molecular flexibility index (Phi) is 6.72. The summed E-state index contributed by atoms with van der Waals surface area (Å²) in [6.45, 7) is 12.0. The molecule has 2 saturated carbocycles. The van der Waals surface area contributed by atoms with Crippen molar-refractivity contribution in [3.8, 4) is 22.3 Å². The zero-order valence-corrected chi connectivity index (χ0v) is 30.7. The first-order chi connectivity index (χ1) is 24.2. The Labute approximate surface area is 299 Å². The highest BCUT2D eigenvalue weighted by Crippen LogP contribution is 2.63. The molecule has 2 fully saturated rings. The van der Waals surface area contributed by atoms with Gasteiger partial charge in [0.2, 0.25) is 0 Å². The topological polar surface area (TPSA) is 3.24 Å². The van der Waals surface area contributed by atoms with E-state index in [9.17, 15) is 0 Å². The van der Waals surface area contributed by atoms with Crippen LogP contribution in [0.3, 0.4) is 0 Å². The van der Waals surface area contributed by atoms with Crippen molar-refractivity contribution in [3.63, 3.8) is 0 Å². The van der Waals surface area contributed by atoms with Gasteiger partial charge in [-0.05, 0) is 154 Å². The standard InChI is InChI=1S/C49H51N/c1-48(2,3)36-24-27-38-42(28-36)49(4,5)41-12-9-13-43(46(38)41)50(37-25-22-31(23-26-37)30-10-7-6-8-11-30)47-44-34-18-14-32(15-19-34)39(44)29-40-33-16-20-35(21-17-33)45(40)47/h6-13,22-29,32-35H,14-21H2,1-5H3. The van der Waals surface area contributed by atoms with Crippen molar-refractivity contribution in [2.75, 3.05) is 4.90 Å². The molecule has 4 bridgehead atoms. The van der Waals surface area contributed by atoms with Gasteiger partial charge in [0.05, 0.1) is 11.4 Å². The van der Waals surface area contributed by atoms with Crippen LogP contribution < -0.4 is 4.90 Å². The maximum atomic E-state index is 2.80. The number of benzene rings is 5. The van der Waals surface area contributed by atoms with Crippen LogP contribution in [0, 0.1) is 0 Å². The van der Waals surface area contributed by atoms with E-state index in [0.29, 0.717) is 11.8 Å². The Hall–Kier alpha value is -4.10. The molecule has 7 aliphatic carbocycles. The van der Waals surface area contributed by atoms with Gasteiger partial charge < -0.3 is 4.90 Å². The third-order valence-corrected chi connectivity index (χ3v) is 13.8. The lowest BCUT2D eigenvalue weighted by Crippen LogP contribution is -2.31. The SMILES string of the molecule is CC(C)(C)c1ccc2c(c1)C(C)(C)c1cccc(N(c3ccc(-c4ccccc4)cc3)c3c4c(cc5c3C3CCC5CC3)C3CCC4CC3)c1-2. The minimum absolute atomic E-state index is 0.0710. The minimum Gasteiger partial charge on any atom is -0.309 e. The van der Waals surface area contributed by atoms with Crippen LogP contribution in [-0.4, -0.2) is 0 Å². The minimum atomic E-state index is -0.0710. The van der Waals surface area contributed by atoms with Gasteiger partial charge in [-0.2, -0.15) is 0 Å². The summed E-state index contributed by atoms with van der Waals surface area (Å²) >= 11 is 0. The van der Waals surface area contributed by atoms with Crippen molar-refractivity contribution in [2.45, 2.75) is 120 Å². The molecule has 0 atom stereocenters. The Morgan fingerprint density at radius 3 is 1.74 bits per heavy atom. The van der Waals surface area contributed by atoms with Gasteiger partial charge in [0.25, 0.3) is 0 Å². The smallest absolute Gasteiger partial charge is 0.0543 e. The Morgan fingerprint density at radius 1 is 0.560 bits per heavy atom. The van der Waals surface area contributed by atoms with Gasteiger partial charge in [0.15, 0.2) is 0 Å². The molecular formula is C49H51N. The van der Waals surface area contributed by atoms with Gasteiger partial charge in [-0.15, -0.1) is 0 Å². The lowest BCUT2D eigenvalue weighted by molar-refractivity contribution is 0.342. The zero-order valence-electron chi connectivity index (χ0n) is 30.7. The first-order valence-electron chi connectivity index (χ1n) is 19.6. The highest BCUT2D eigenvalue weighted by molar-refractivity contribution is 5.97. The second-order valence-corrected chi connectivity index (χ2v) is 17.9. The fourth-order valence-electron chi connectivity index (χ4n) is 11.1. The number of anilines is 3. The van der Waals surface area contributed by atoms with Gasteiger partial charge in [0, 0.05) is 16.7 Å². The lowest BCUT2D eigenvalue weighted by Gasteiger charge is -2.48. The van der Waals surface area contributed by atoms with Gasteiger partial charge in [-0.1, -0.05) is 113 Å². The van der Waals surface area contributed by atoms with E-state index in [2.05, 4.69) is 137 Å².